The van der Waals surface area contributed by atoms with Gasteiger partial charge in [0.1, 0.15) is 30.8 Å². The molecule has 16 heteroatoms. The number of para-hydroxylation sites is 8. The summed E-state index contributed by atoms with van der Waals surface area (Å²) in [4.78, 5) is 49.0. The van der Waals surface area contributed by atoms with Crippen molar-refractivity contribution in [1.82, 2.24) is 34.8 Å². The normalized spacial score (nSPS) is 17.9. The highest BCUT2D eigenvalue weighted by Crippen LogP contribution is 2.50. The van der Waals surface area contributed by atoms with Crippen molar-refractivity contribution in [1.29, 1.82) is 0 Å². The van der Waals surface area contributed by atoms with E-state index in [9.17, 15) is 0 Å². The number of nitrogens with zero attached hydrogens (tertiary/aromatic N) is 16. The van der Waals surface area contributed by atoms with E-state index in [1.807, 2.05) is 91.9 Å². The lowest BCUT2D eigenvalue weighted by Gasteiger charge is -2.30. The standard InChI is InChI=1S/2C20H19N3.C19H18N4.C14H16N4.C12H16N2/c1-15-9-6-7-12-18(15)23-16(2)22(17-10-4-3-5-11-17)20-19(23)13-8-14-21-20;1-15-9-6-7-12-18(15)23-16(2)22(17-10-4-3-5-11-17)19-13-8-14-21-20(19)23;1-14-8-6-7-11-17(14)23-15(2)22(16-9-4-3-5-10-16)18-19(23)21-13-12-20-18;1-10-6-4-5-7-12(10)18-11(2)17(3)13-14(18)16-9-8-15-13;1-10-6-4-5-7-12(10)14-9-8-13(3)11(14)2/h2*3-14,16H,1-2H3;3-13,15H,1-2H3;4-9,11H,1-3H3;4-9,11H,1-3H3/i;;;;3D3. The summed E-state index contributed by atoms with van der Waals surface area (Å²) in [6, 6.07) is 81.3. The third-order valence-electron chi connectivity index (χ3n) is 19.2. The van der Waals surface area contributed by atoms with Gasteiger partial charge >= 0.3 is 0 Å². The minimum absolute atomic E-state index is 0.107. The Bertz CT molecular complexity index is 4590. The highest BCUT2D eigenvalue weighted by molar-refractivity contribution is 5.89. The van der Waals surface area contributed by atoms with E-state index < -0.39 is 6.98 Å². The van der Waals surface area contributed by atoms with Crippen molar-refractivity contribution in [2.24, 2.45) is 0 Å². The molecule has 5 aliphatic rings. The summed E-state index contributed by atoms with van der Waals surface area (Å²) < 4.78 is 22.3. The Morgan fingerprint density at radius 2 is 0.554 bits per heavy atom. The fourth-order valence-electron chi connectivity index (χ4n) is 14.0. The number of hydrogen-bond donors (Lipinski definition) is 0. The van der Waals surface area contributed by atoms with Gasteiger partial charge in [-0.25, -0.2) is 29.9 Å². The quantitative estimate of drug-likeness (QED) is 0.144. The average Bonchev–Trinajstić information content (AvgIpc) is 1.56. The van der Waals surface area contributed by atoms with Gasteiger partial charge < -0.3 is 49.0 Å². The van der Waals surface area contributed by atoms with Crippen LogP contribution in [-0.4, -0.2) is 79.7 Å². The van der Waals surface area contributed by atoms with Gasteiger partial charge in [0.15, 0.2) is 34.9 Å². The minimum Gasteiger partial charge on any atom is -0.359 e. The Morgan fingerprint density at radius 3 is 0.990 bits per heavy atom. The van der Waals surface area contributed by atoms with Crippen LogP contribution in [0.15, 0.2) is 286 Å². The van der Waals surface area contributed by atoms with Gasteiger partial charge in [-0.3, -0.25) is 0 Å². The molecular weight excluding hydrogens is 1250 g/mol. The average molecular weight is 1340 g/mol. The van der Waals surface area contributed by atoms with Gasteiger partial charge in [0.2, 0.25) is 0 Å². The van der Waals surface area contributed by atoms with E-state index >= 15 is 0 Å². The molecule has 0 aliphatic carbocycles. The van der Waals surface area contributed by atoms with Crippen molar-refractivity contribution in [3.8, 4) is 0 Å². The van der Waals surface area contributed by atoms with Crippen molar-refractivity contribution in [3.05, 3.63) is 314 Å². The number of aromatic nitrogens is 6. The lowest BCUT2D eigenvalue weighted by atomic mass is 10.1. The number of pyridine rings is 2. The van der Waals surface area contributed by atoms with Crippen LogP contribution in [-0.2, 0) is 0 Å². The van der Waals surface area contributed by atoms with Crippen LogP contribution in [0.25, 0.3) is 0 Å². The van der Waals surface area contributed by atoms with Crippen LogP contribution >= 0.6 is 0 Å². The molecule has 0 spiro atoms. The number of anilines is 16. The molecule has 5 aliphatic heterocycles. The predicted octanol–water partition coefficient (Wildman–Crippen LogP) is 19.8. The fraction of sp³-hybridized carbons (Fsp3) is 0.200. The lowest BCUT2D eigenvalue weighted by Crippen LogP contribution is -2.36. The topological polar surface area (TPSA) is 110 Å². The van der Waals surface area contributed by atoms with Gasteiger partial charge in [-0.05, 0) is 188 Å². The SMILES string of the molecule is Cc1ccccc1N1c2cccnc2N(c2ccccc2)C1C.Cc1ccccc1N1c2ncccc2N(c2ccccc2)C1C.Cc1ccccc1N1c2nccnc2N(C)C1C.Cc1ccccc1N1c2nccnc2N(c2ccccc2)C1C.[2H]C([2H])([2H])N1C=CN(c2ccccc2C)C1C. The number of aryl methyl sites for hydroxylation is 5. The summed E-state index contributed by atoms with van der Waals surface area (Å²) in [5, 5.41) is 0. The smallest absolute Gasteiger partial charge is 0.178 e. The van der Waals surface area contributed by atoms with E-state index in [2.05, 4.69) is 314 Å². The maximum atomic E-state index is 7.45. The summed E-state index contributed by atoms with van der Waals surface area (Å²) in [5.41, 5.74) is 17.7. The monoisotopic (exact) mass is 1340 g/mol. The van der Waals surface area contributed by atoms with Crippen LogP contribution in [0.4, 0.5) is 91.8 Å². The first-order chi connectivity index (χ1) is 50.4. The van der Waals surface area contributed by atoms with Crippen LogP contribution in [0, 0.1) is 34.6 Å². The molecule has 0 radical (unpaired) electrons. The van der Waals surface area contributed by atoms with Crippen LogP contribution < -0.4 is 44.1 Å². The molecule has 4 aromatic heterocycles. The van der Waals surface area contributed by atoms with E-state index in [4.69, 9.17) is 4.11 Å². The molecule has 5 unspecified atom stereocenters. The number of fused-ring (bicyclic) bond motifs is 4. The molecule has 9 heterocycles. The molecule has 12 aromatic rings. The second-order valence-corrected chi connectivity index (χ2v) is 25.5. The molecule has 0 bridgehead atoms. The summed E-state index contributed by atoms with van der Waals surface area (Å²) in [5.74, 6) is 5.69. The maximum absolute atomic E-state index is 7.45. The first-order valence-electron chi connectivity index (χ1n) is 35.9. The van der Waals surface area contributed by atoms with Crippen molar-refractivity contribution in [2.75, 3.05) is 58.1 Å². The van der Waals surface area contributed by atoms with Gasteiger partial charge in [0.05, 0.1) is 11.4 Å². The zero-order valence-electron chi connectivity index (χ0n) is 62.2. The van der Waals surface area contributed by atoms with E-state index in [-0.39, 0.29) is 30.8 Å². The fourth-order valence-corrected chi connectivity index (χ4v) is 14.0. The summed E-state index contributed by atoms with van der Waals surface area (Å²) in [6.07, 6.45) is 14.7. The van der Waals surface area contributed by atoms with Gasteiger partial charge in [-0.2, -0.15) is 0 Å². The maximum Gasteiger partial charge on any atom is 0.178 e. The molecule has 16 nitrogen and oxygen atoms in total. The highest BCUT2D eigenvalue weighted by Gasteiger charge is 2.40. The molecule has 0 saturated carbocycles. The Labute approximate surface area is 599 Å². The van der Waals surface area contributed by atoms with Gasteiger partial charge in [-0.15, -0.1) is 0 Å². The van der Waals surface area contributed by atoms with Gasteiger partial charge in [0.25, 0.3) is 0 Å². The first kappa shape index (κ1) is 63.7. The third kappa shape index (κ3) is 13.4. The second-order valence-electron chi connectivity index (χ2n) is 25.5. The number of benzene rings is 8. The van der Waals surface area contributed by atoms with Crippen LogP contribution in [0.2, 0.25) is 0 Å². The van der Waals surface area contributed by atoms with Crippen molar-refractivity contribution in [3.63, 3.8) is 0 Å². The first-order valence-corrected chi connectivity index (χ1v) is 34.4. The van der Waals surface area contributed by atoms with Crippen molar-refractivity contribution < 1.29 is 4.11 Å². The van der Waals surface area contributed by atoms with Crippen molar-refractivity contribution >= 4 is 91.8 Å². The Hall–Kier alpha value is -12.0. The number of rotatable bonds is 8. The van der Waals surface area contributed by atoms with E-state index in [1.54, 1.807) is 31.0 Å². The zero-order valence-corrected chi connectivity index (χ0v) is 59.2. The molecular formula is C85H88N16. The molecule has 0 amide bonds. The Kier molecular flexibility index (Phi) is 18.9. The third-order valence-corrected chi connectivity index (χ3v) is 19.2. The van der Waals surface area contributed by atoms with Crippen molar-refractivity contribution in [2.45, 2.75) is 100 Å². The lowest BCUT2D eigenvalue weighted by molar-refractivity contribution is 0.383. The molecule has 8 aromatic carbocycles. The molecule has 0 saturated heterocycles. The number of hydrogen-bond acceptors (Lipinski definition) is 16. The summed E-state index contributed by atoms with van der Waals surface area (Å²) in [6.45, 7) is 19.2. The molecule has 17 rings (SSSR count). The summed E-state index contributed by atoms with van der Waals surface area (Å²) >= 11 is 0. The predicted molar refractivity (Wildman–Crippen MR) is 418 cm³/mol. The zero-order chi connectivity index (χ0) is 72.8. The van der Waals surface area contributed by atoms with Crippen LogP contribution in [0.1, 0.15) is 66.5 Å². The highest BCUT2D eigenvalue weighted by atomic mass is 15.5. The molecule has 0 N–H and O–H groups in total. The Morgan fingerprint density at radius 1 is 0.257 bits per heavy atom. The summed E-state index contributed by atoms with van der Waals surface area (Å²) in [7, 11) is 2.05. The van der Waals surface area contributed by atoms with Gasteiger partial charge in [-0.1, -0.05) is 146 Å². The molecule has 101 heavy (non-hydrogen) atoms. The molecule has 0 fully saturated rings. The Balaban J connectivity index is 0.000000116. The molecule has 508 valence electrons. The van der Waals surface area contributed by atoms with Gasteiger partial charge in [0, 0.05) is 113 Å². The largest absolute Gasteiger partial charge is 0.359 e. The van der Waals surface area contributed by atoms with Crippen LogP contribution in [0.3, 0.4) is 0 Å². The van der Waals surface area contributed by atoms with E-state index in [0.717, 1.165) is 68.9 Å². The van der Waals surface area contributed by atoms with E-state index in [0.29, 0.717) is 0 Å². The van der Waals surface area contributed by atoms with E-state index in [1.165, 1.54) is 55.6 Å². The van der Waals surface area contributed by atoms with Crippen LogP contribution in [0.5, 0.6) is 0 Å². The molecule has 5 atom stereocenters. The second kappa shape index (κ2) is 30.0. The minimum atomic E-state index is -2.09.